The van der Waals surface area contributed by atoms with Gasteiger partial charge in [0, 0.05) is 19.2 Å². The molecular formula is C13H17N3OS. The third-order valence-corrected chi connectivity index (χ3v) is 4.63. The van der Waals surface area contributed by atoms with Crippen LogP contribution in [-0.2, 0) is 6.42 Å². The molecule has 0 aliphatic carbocycles. The number of aliphatic hydroxyl groups excluding tert-OH is 1. The van der Waals surface area contributed by atoms with Crippen LogP contribution in [0.3, 0.4) is 0 Å². The van der Waals surface area contributed by atoms with Gasteiger partial charge in [0.15, 0.2) is 5.65 Å². The molecule has 18 heavy (non-hydrogen) atoms. The third kappa shape index (κ3) is 2.12. The Bertz CT molecular complexity index is 534. The fraction of sp³-hybridized carbons (Fsp3) is 0.538. The van der Waals surface area contributed by atoms with Gasteiger partial charge in [-0.1, -0.05) is 0 Å². The lowest BCUT2D eigenvalue weighted by Gasteiger charge is -2.14. The van der Waals surface area contributed by atoms with Crippen LogP contribution in [0.2, 0.25) is 0 Å². The Hall–Kier alpha value is -1.07. The monoisotopic (exact) mass is 263 g/mol. The zero-order chi connectivity index (χ0) is 12.4. The lowest BCUT2D eigenvalue weighted by Crippen LogP contribution is -2.08. The summed E-state index contributed by atoms with van der Waals surface area (Å²) in [6.07, 6.45) is 5.88. The van der Waals surface area contributed by atoms with Crippen molar-refractivity contribution in [2.45, 2.75) is 31.1 Å². The first kappa shape index (κ1) is 12.0. The molecule has 0 amide bonds. The predicted octanol–water partition coefficient (Wildman–Crippen LogP) is 2.38. The van der Waals surface area contributed by atoms with Crippen LogP contribution in [-0.4, -0.2) is 32.0 Å². The lowest BCUT2D eigenvalue weighted by atomic mass is 10.3. The molecule has 0 bridgehead atoms. The van der Waals surface area contributed by atoms with E-state index in [4.69, 9.17) is 5.11 Å². The number of thioether (sulfide) groups is 1. The quantitative estimate of drug-likeness (QED) is 0.920. The molecule has 2 aromatic rings. The van der Waals surface area contributed by atoms with E-state index in [-0.39, 0.29) is 6.61 Å². The van der Waals surface area contributed by atoms with E-state index in [1.165, 1.54) is 18.6 Å². The number of pyridine rings is 1. The fourth-order valence-electron chi connectivity index (χ4n) is 2.46. The molecule has 5 heteroatoms. The molecule has 0 saturated carbocycles. The van der Waals surface area contributed by atoms with Gasteiger partial charge in [0.2, 0.25) is 0 Å². The molecule has 1 atom stereocenters. The van der Waals surface area contributed by atoms with Gasteiger partial charge in [-0.15, -0.1) is 11.8 Å². The maximum atomic E-state index is 9.00. The average Bonchev–Trinajstić information content (AvgIpc) is 3.02. The number of hydrogen-bond donors (Lipinski definition) is 1. The Kier molecular flexibility index (Phi) is 3.52. The highest BCUT2D eigenvalue weighted by atomic mass is 32.2. The van der Waals surface area contributed by atoms with Gasteiger partial charge in [0.25, 0.3) is 0 Å². The molecule has 4 nitrogen and oxygen atoms in total. The molecule has 1 N–H and O–H groups in total. The molecule has 0 radical (unpaired) electrons. The SMILES string of the molecule is OCCCc1nc2cccnc2n1C1CCCS1. The Morgan fingerprint density at radius 3 is 3.22 bits per heavy atom. The topological polar surface area (TPSA) is 50.9 Å². The van der Waals surface area contributed by atoms with E-state index in [2.05, 4.69) is 14.5 Å². The van der Waals surface area contributed by atoms with Crippen LogP contribution in [0.5, 0.6) is 0 Å². The Morgan fingerprint density at radius 1 is 1.50 bits per heavy atom. The van der Waals surface area contributed by atoms with E-state index >= 15 is 0 Å². The van der Waals surface area contributed by atoms with Crippen molar-refractivity contribution in [3.63, 3.8) is 0 Å². The van der Waals surface area contributed by atoms with Gasteiger partial charge in [0.05, 0.1) is 5.37 Å². The number of aromatic nitrogens is 3. The van der Waals surface area contributed by atoms with Crippen LogP contribution < -0.4 is 0 Å². The summed E-state index contributed by atoms with van der Waals surface area (Å²) in [7, 11) is 0. The van der Waals surface area contributed by atoms with E-state index in [1.54, 1.807) is 0 Å². The van der Waals surface area contributed by atoms with Gasteiger partial charge in [-0.25, -0.2) is 9.97 Å². The largest absolute Gasteiger partial charge is 0.396 e. The van der Waals surface area contributed by atoms with Crippen molar-refractivity contribution in [3.05, 3.63) is 24.2 Å². The predicted molar refractivity (Wildman–Crippen MR) is 73.7 cm³/mol. The highest BCUT2D eigenvalue weighted by Gasteiger charge is 2.23. The average molecular weight is 263 g/mol. The number of aliphatic hydroxyl groups is 1. The van der Waals surface area contributed by atoms with Crippen LogP contribution in [0.15, 0.2) is 18.3 Å². The summed E-state index contributed by atoms with van der Waals surface area (Å²) >= 11 is 1.98. The van der Waals surface area contributed by atoms with Gasteiger partial charge in [-0.3, -0.25) is 0 Å². The van der Waals surface area contributed by atoms with E-state index in [1.807, 2.05) is 30.1 Å². The highest BCUT2D eigenvalue weighted by Crippen LogP contribution is 2.38. The van der Waals surface area contributed by atoms with Crippen molar-refractivity contribution < 1.29 is 5.11 Å². The van der Waals surface area contributed by atoms with E-state index in [0.717, 1.165) is 29.8 Å². The van der Waals surface area contributed by atoms with Gasteiger partial charge in [0.1, 0.15) is 11.3 Å². The number of aryl methyl sites for hydroxylation is 1. The molecule has 1 aliphatic heterocycles. The first-order valence-corrected chi connectivity index (χ1v) is 7.49. The van der Waals surface area contributed by atoms with E-state index in [9.17, 15) is 0 Å². The second-order valence-corrected chi connectivity index (χ2v) is 5.82. The minimum atomic E-state index is 0.217. The van der Waals surface area contributed by atoms with Crippen LogP contribution in [0.25, 0.3) is 11.2 Å². The second-order valence-electron chi connectivity index (χ2n) is 4.54. The molecule has 2 aromatic heterocycles. The molecule has 3 rings (SSSR count). The minimum Gasteiger partial charge on any atom is -0.396 e. The molecule has 1 unspecified atom stereocenters. The van der Waals surface area contributed by atoms with Crippen molar-refractivity contribution in [3.8, 4) is 0 Å². The minimum absolute atomic E-state index is 0.217. The van der Waals surface area contributed by atoms with Gasteiger partial charge < -0.3 is 9.67 Å². The summed E-state index contributed by atoms with van der Waals surface area (Å²) in [6.45, 7) is 0.217. The van der Waals surface area contributed by atoms with Crippen LogP contribution in [0.4, 0.5) is 0 Å². The molecule has 96 valence electrons. The Labute approximate surface area is 110 Å². The number of nitrogens with zero attached hydrogens (tertiary/aromatic N) is 3. The van der Waals surface area contributed by atoms with Crippen molar-refractivity contribution in [1.82, 2.24) is 14.5 Å². The first-order valence-electron chi connectivity index (χ1n) is 6.44. The molecular weight excluding hydrogens is 246 g/mol. The summed E-state index contributed by atoms with van der Waals surface area (Å²) in [5.74, 6) is 2.29. The normalized spacial score (nSPS) is 19.7. The van der Waals surface area contributed by atoms with Gasteiger partial charge in [-0.2, -0.15) is 0 Å². The number of hydrogen-bond acceptors (Lipinski definition) is 4. The first-order chi connectivity index (χ1) is 8.90. The fourth-order valence-corrected chi connectivity index (χ4v) is 3.77. The summed E-state index contributed by atoms with van der Waals surface area (Å²) in [4.78, 5) is 9.15. The second kappa shape index (κ2) is 5.28. The third-order valence-electron chi connectivity index (χ3n) is 3.27. The van der Waals surface area contributed by atoms with Crippen LogP contribution in [0.1, 0.15) is 30.5 Å². The maximum Gasteiger partial charge on any atom is 0.160 e. The smallest absolute Gasteiger partial charge is 0.160 e. The van der Waals surface area contributed by atoms with E-state index < -0.39 is 0 Å². The Morgan fingerprint density at radius 2 is 2.44 bits per heavy atom. The van der Waals surface area contributed by atoms with Gasteiger partial charge >= 0.3 is 0 Å². The molecule has 1 fully saturated rings. The van der Waals surface area contributed by atoms with Crippen LogP contribution >= 0.6 is 11.8 Å². The standard InChI is InChI=1S/C13H17N3OS/c17-8-2-5-11-15-10-4-1-7-14-13(10)16(11)12-6-3-9-18-12/h1,4,7,12,17H,2-3,5-6,8-9H2. The van der Waals surface area contributed by atoms with Crippen molar-refractivity contribution >= 4 is 22.9 Å². The van der Waals surface area contributed by atoms with Gasteiger partial charge in [-0.05, 0) is 37.1 Å². The summed E-state index contributed by atoms with van der Waals surface area (Å²) in [5.41, 5.74) is 1.96. The summed E-state index contributed by atoms with van der Waals surface area (Å²) < 4.78 is 2.28. The molecule has 3 heterocycles. The van der Waals surface area contributed by atoms with Crippen LogP contribution in [0, 0.1) is 0 Å². The maximum absolute atomic E-state index is 9.00. The van der Waals surface area contributed by atoms with Crippen molar-refractivity contribution in [2.24, 2.45) is 0 Å². The van der Waals surface area contributed by atoms with Crippen molar-refractivity contribution in [1.29, 1.82) is 0 Å². The summed E-state index contributed by atoms with van der Waals surface area (Å²) in [5, 5.41) is 9.47. The van der Waals surface area contributed by atoms with Crippen molar-refractivity contribution in [2.75, 3.05) is 12.4 Å². The molecule has 1 saturated heterocycles. The number of imidazole rings is 1. The lowest BCUT2D eigenvalue weighted by molar-refractivity contribution is 0.287. The molecule has 1 aliphatic rings. The van der Waals surface area contributed by atoms with E-state index in [0.29, 0.717) is 5.37 Å². The number of fused-ring (bicyclic) bond motifs is 1. The molecule has 0 spiro atoms. The zero-order valence-corrected chi connectivity index (χ0v) is 11.1. The Balaban J connectivity index is 2.05. The number of rotatable bonds is 4. The highest BCUT2D eigenvalue weighted by molar-refractivity contribution is 7.99. The molecule has 0 aromatic carbocycles. The zero-order valence-electron chi connectivity index (χ0n) is 10.2. The summed E-state index contributed by atoms with van der Waals surface area (Å²) in [6, 6.07) is 3.94.